The second-order valence-electron chi connectivity index (χ2n) is 8.90. The number of nitrogens with zero attached hydrogens (tertiary/aromatic N) is 3. The van der Waals surface area contributed by atoms with Crippen molar-refractivity contribution >= 4 is 23.0 Å². The Morgan fingerprint density at radius 1 is 0.972 bits per heavy atom. The lowest BCUT2D eigenvalue weighted by Crippen LogP contribution is -2.32. The quantitative estimate of drug-likeness (QED) is 0.230. The van der Waals surface area contributed by atoms with Gasteiger partial charge in [-0.15, -0.1) is 0 Å². The Morgan fingerprint density at radius 2 is 1.75 bits per heavy atom. The first-order valence-electron chi connectivity index (χ1n) is 12.3. The highest BCUT2D eigenvalue weighted by Crippen LogP contribution is 2.40. The monoisotopic (exact) mass is 497 g/mol. The molecule has 0 radical (unpaired) electrons. The van der Waals surface area contributed by atoms with Crippen LogP contribution in [0.5, 0.6) is 5.75 Å². The van der Waals surface area contributed by atoms with Crippen LogP contribution in [-0.4, -0.2) is 39.8 Å². The zero-order valence-corrected chi connectivity index (χ0v) is 21.4. The highest BCUT2D eigenvalue weighted by Gasteiger charge is 2.41. The smallest absolute Gasteiger partial charge is 0.170 e. The van der Waals surface area contributed by atoms with Crippen molar-refractivity contribution in [2.45, 2.75) is 25.4 Å². The molecule has 2 atom stereocenters. The van der Waals surface area contributed by atoms with Crippen molar-refractivity contribution in [2.24, 2.45) is 0 Å². The zero-order valence-electron chi connectivity index (χ0n) is 20.6. The summed E-state index contributed by atoms with van der Waals surface area (Å²) >= 11 is 5.88. The molecule has 1 aliphatic heterocycles. The van der Waals surface area contributed by atoms with Crippen LogP contribution in [0.25, 0.3) is 5.69 Å². The lowest BCUT2D eigenvalue weighted by Gasteiger charge is -2.29. The number of aryl methyl sites for hydroxylation is 1. The standard InChI is InChI=1S/C29H31N5OS/c1-21-12-17-26(34(21)23-13-15-24(35-2)16-14-23)28-27(25-11-6-7-18-31-25)32-29(36)33(28)20-8-19-30-22-9-4-3-5-10-22/h3-7,9-18,27-28,30H,8,19-20H2,1-2H3,(H,32,36)/t27-,28-/m0/s1. The lowest BCUT2D eigenvalue weighted by atomic mass is 10.0. The molecular weight excluding hydrogens is 466 g/mol. The number of hydrogen-bond acceptors (Lipinski definition) is 4. The largest absolute Gasteiger partial charge is 0.497 e. The van der Waals surface area contributed by atoms with E-state index in [-0.39, 0.29) is 12.1 Å². The molecule has 2 aromatic heterocycles. The fraction of sp³-hybridized carbons (Fsp3) is 0.241. The molecule has 0 bridgehead atoms. The zero-order chi connectivity index (χ0) is 24.9. The van der Waals surface area contributed by atoms with Gasteiger partial charge in [0.05, 0.1) is 24.9 Å². The van der Waals surface area contributed by atoms with E-state index in [2.05, 4.69) is 74.5 Å². The Kier molecular flexibility index (Phi) is 7.18. The second kappa shape index (κ2) is 10.8. The number of rotatable bonds is 9. The number of aromatic nitrogens is 2. The lowest BCUT2D eigenvalue weighted by molar-refractivity contribution is 0.307. The first-order chi connectivity index (χ1) is 17.7. The van der Waals surface area contributed by atoms with Crippen molar-refractivity contribution < 1.29 is 4.74 Å². The third-order valence-corrected chi connectivity index (χ3v) is 6.97. The fourth-order valence-corrected chi connectivity index (χ4v) is 5.21. The van der Waals surface area contributed by atoms with Crippen LogP contribution in [0.4, 0.5) is 5.69 Å². The van der Waals surface area contributed by atoms with Crippen LogP contribution in [0, 0.1) is 6.92 Å². The maximum Gasteiger partial charge on any atom is 0.170 e. The molecule has 2 aromatic carbocycles. The molecule has 0 unspecified atom stereocenters. The molecular formula is C29H31N5OS. The minimum atomic E-state index is -0.0490. The van der Waals surface area contributed by atoms with E-state index < -0.39 is 0 Å². The van der Waals surface area contributed by atoms with E-state index in [1.165, 1.54) is 11.4 Å². The van der Waals surface area contributed by atoms with E-state index >= 15 is 0 Å². The average Bonchev–Trinajstić information content (AvgIpc) is 3.46. The molecule has 5 rings (SSSR count). The average molecular weight is 498 g/mol. The molecule has 1 fully saturated rings. The number of thiocarbonyl (C=S) groups is 1. The van der Waals surface area contributed by atoms with Crippen molar-refractivity contribution in [1.82, 2.24) is 19.8 Å². The van der Waals surface area contributed by atoms with Gasteiger partial charge >= 0.3 is 0 Å². The van der Waals surface area contributed by atoms with Gasteiger partial charge in [0.15, 0.2) is 5.11 Å². The minimum absolute atomic E-state index is 0.0000676. The molecule has 1 saturated heterocycles. The van der Waals surface area contributed by atoms with Crippen molar-refractivity contribution in [1.29, 1.82) is 0 Å². The molecule has 0 spiro atoms. The number of nitrogens with one attached hydrogen (secondary N) is 2. The SMILES string of the molecule is COc1ccc(-n2c(C)ccc2[C@H]2[C@H](c3ccccn3)NC(=S)N2CCCNc2ccccc2)cc1. The van der Waals surface area contributed by atoms with Gasteiger partial charge in [-0.3, -0.25) is 4.98 Å². The second-order valence-corrected chi connectivity index (χ2v) is 9.29. The Bertz CT molecular complexity index is 1290. The van der Waals surface area contributed by atoms with Gasteiger partial charge in [0.25, 0.3) is 0 Å². The number of benzene rings is 2. The Morgan fingerprint density at radius 3 is 2.47 bits per heavy atom. The Labute approximate surface area is 217 Å². The summed E-state index contributed by atoms with van der Waals surface area (Å²) in [5.74, 6) is 0.840. The van der Waals surface area contributed by atoms with Crippen LogP contribution in [0.1, 0.15) is 35.6 Å². The summed E-state index contributed by atoms with van der Waals surface area (Å²) in [5.41, 5.74) is 5.55. The van der Waals surface area contributed by atoms with E-state index in [0.717, 1.165) is 47.4 Å². The summed E-state index contributed by atoms with van der Waals surface area (Å²) in [7, 11) is 1.69. The third kappa shape index (κ3) is 4.93. The molecule has 0 aliphatic carbocycles. The van der Waals surface area contributed by atoms with Gasteiger partial charge in [0.1, 0.15) is 5.75 Å². The number of hydrogen-bond donors (Lipinski definition) is 2. The topological polar surface area (TPSA) is 54.4 Å². The summed E-state index contributed by atoms with van der Waals surface area (Å²) in [6, 6.07) is 28.9. The molecule has 1 aliphatic rings. The number of ether oxygens (including phenoxy) is 1. The van der Waals surface area contributed by atoms with Crippen molar-refractivity contribution in [3.05, 3.63) is 108 Å². The molecule has 36 heavy (non-hydrogen) atoms. The Balaban J connectivity index is 1.45. The number of methoxy groups -OCH3 is 1. The van der Waals surface area contributed by atoms with Gasteiger partial charge in [-0.05, 0) is 86.2 Å². The molecule has 7 heteroatoms. The number of para-hydroxylation sites is 1. The maximum atomic E-state index is 5.88. The Hall–Kier alpha value is -3.84. The first-order valence-corrected chi connectivity index (χ1v) is 12.7. The van der Waals surface area contributed by atoms with E-state index in [1.54, 1.807) is 7.11 Å². The van der Waals surface area contributed by atoms with Crippen molar-refractivity contribution in [3.63, 3.8) is 0 Å². The van der Waals surface area contributed by atoms with E-state index in [9.17, 15) is 0 Å². The molecule has 2 N–H and O–H groups in total. The van der Waals surface area contributed by atoms with Crippen LogP contribution < -0.4 is 15.4 Å². The first kappa shape index (κ1) is 23.9. The molecule has 0 saturated carbocycles. The highest BCUT2D eigenvalue weighted by molar-refractivity contribution is 7.80. The van der Waals surface area contributed by atoms with Crippen LogP contribution in [-0.2, 0) is 0 Å². The predicted octanol–water partition coefficient (Wildman–Crippen LogP) is 5.66. The van der Waals surface area contributed by atoms with Crippen LogP contribution in [0.3, 0.4) is 0 Å². The summed E-state index contributed by atoms with van der Waals surface area (Å²) in [5, 5.41) is 7.85. The molecule has 3 heterocycles. The molecule has 184 valence electrons. The normalized spacial score (nSPS) is 17.2. The number of pyridine rings is 1. The highest BCUT2D eigenvalue weighted by atomic mass is 32.1. The van der Waals surface area contributed by atoms with E-state index in [0.29, 0.717) is 0 Å². The third-order valence-electron chi connectivity index (χ3n) is 6.62. The van der Waals surface area contributed by atoms with Gasteiger partial charge in [0, 0.05) is 42.0 Å². The number of anilines is 1. The fourth-order valence-electron chi connectivity index (χ4n) is 4.88. The maximum absolute atomic E-state index is 5.88. The van der Waals surface area contributed by atoms with E-state index in [1.807, 2.05) is 48.7 Å². The van der Waals surface area contributed by atoms with Crippen LogP contribution >= 0.6 is 12.2 Å². The molecule has 4 aromatic rings. The van der Waals surface area contributed by atoms with Gasteiger partial charge in [-0.1, -0.05) is 24.3 Å². The van der Waals surface area contributed by atoms with Gasteiger partial charge in [-0.25, -0.2) is 0 Å². The minimum Gasteiger partial charge on any atom is -0.497 e. The summed E-state index contributed by atoms with van der Waals surface area (Å²) in [6.07, 6.45) is 2.79. The summed E-state index contributed by atoms with van der Waals surface area (Å²) in [4.78, 5) is 7.00. The van der Waals surface area contributed by atoms with Crippen LogP contribution in [0.2, 0.25) is 0 Å². The van der Waals surface area contributed by atoms with Crippen molar-refractivity contribution in [2.75, 3.05) is 25.5 Å². The molecule has 6 nitrogen and oxygen atoms in total. The van der Waals surface area contributed by atoms with Crippen molar-refractivity contribution in [3.8, 4) is 11.4 Å². The predicted molar refractivity (Wildman–Crippen MR) is 149 cm³/mol. The van der Waals surface area contributed by atoms with Gasteiger partial charge in [-0.2, -0.15) is 0 Å². The van der Waals surface area contributed by atoms with E-state index in [4.69, 9.17) is 17.0 Å². The summed E-state index contributed by atoms with van der Waals surface area (Å²) < 4.78 is 7.69. The van der Waals surface area contributed by atoms with Crippen LogP contribution in [0.15, 0.2) is 91.1 Å². The van der Waals surface area contributed by atoms with Gasteiger partial charge < -0.3 is 24.8 Å². The molecule has 0 amide bonds. The van der Waals surface area contributed by atoms with Gasteiger partial charge in [0.2, 0.25) is 0 Å². The summed E-state index contributed by atoms with van der Waals surface area (Å²) in [6.45, 7) is 3.83.